The Bertz CT molecular complexity index is 689. The van der Waals surface area contributed by atoms with Crippen LogP contribution in [-0.4, -0.2) is 0 Å². The molecule has 0 nitrogen and oxygen atoms in total. The number of hydrogen-bond donors (Lipinski definition) is 0. The lowest BCUT2D eigenvalue weighted by Crippen LogP contribution is -2.10. The van der Waals surface area contributed by atoms with E-state index in [-0.39, 0.29) is 22.1 Å². The highest BCUT2D eigenvalue weighted by Crippen LogP contribution is 2.39. The van der Waals surface area contributed by atoms with Crippen molar-refractivity contribution in [3.8, 4) is 11.1 Å². The van der Waals surface area contributed by atoms with Crippen LogP contribution in [0.4, 0.5) is 17.6 Å². The van der Waals surface area contributed by atoms with Crippen LogP contribution >= 0.6 is 0 Å². The number of alkyl halides is 3. The molecule has 0 heterocycles. The predicted molar refractivity (Wildman–Crippen MR) is 84.7 cm³/mol. The Kier molecular flexibility index (Phi) is 4.56. The normalized spacial score (nSPS) is 12.5. The molecular weight excluding hydrogens is 304 g/mol. The maximum absolute atomic E-state index is 14.2. The molecule has 0 aliphatic carbocycles. The first kappa shape index (κ1) is 17.5. The van der Waals surface area contributed by atoms with Crippen molar-refractivity contribution >= 4 is 0 Å². The Morgan fingerprint density at radius 3 is 1.96 bits per heavy atom. The quantitative estimate of drug-likeness (QED) is 0.560. The third-order valence-electron chi connectivity index (χ3n) is 3.52. The Morgan fingerprint density at radius 1 is 0.913 bits per heavy atom. The van der Waals surface area contributed by atoms with E-state index >= 15 is 0 Å². The molecule has 23 heavy (non-hydrogen) atoms. The molecule has 0 aromatic heterocycles. The third-order valence-corrected chi connectivity index (χ3v) is 3.52. The largest absolute Gasteiger partial charge is 0.417 e. The number of rotatable bonds is 2. The number of benzene rings is 2. The summed E-state index contributed by atoms with van der Waals surface area (Å²) >= 11 is 0. The molecule has 0 spiro atoms. The molecule has 124 valence electrons. The van der Waals surface area contributed by atoms with Gasteiger partial charge in [0.25, 0.3) is 0 Å². The Balaban J connectivity index is 2.50. The second-order valence-corrected chi connectivity index (χ2v) is 7.10. The molecule has 2 aromatic rings. The van der Waals surface area contributed by atoms with Gasteiger partial charge in [-0.2, -0.15) is 13.2 Å². The van der Waals surface area contributed by atoms with Crippen LogP contribution < -0.4 is 0 Å². The van der Waals surface area contributed by atoms with E-state index in [1.807, 2.05) is 0 Å². The van der Waals surface area contributed by atoms with E-state index in [1.165, 1.54) is 6.92 Å². The van der Waals surface area contributed by atoms with Crippen molar-refractivity contribution in [1.82, 2.24) is 0 Å². The van der Waals surface area contributed by atoms with Gasteiger partial charge in [0, 0.05) is 5.56 Å². The zero-order valence-electron chi connectivity index (χ0n) is 13.7. The summed E-state index contributed by atoms with van der Waals surface area (Å²) in [5.41, 5.74) is 0.273. The van der Waals surface area contributed by atoms with Crippen molar-refractivity contribution in [3.05, 3.63) is 58.9 Å². The van der Waals surface area contributed by atoms with Crippen LogP contribution in [0, 0.1) is 18.2 Å². The van der Waals surface area contributed by atoms with Gasteiger partial charge < -0.3 is 0 Å². The molecule has 0 amide bonds. The first-order chi connectivity index (χ1) is 10.5. The van der Waals surface area contributed by atoms with Gasteiger partial charge in [-0.1, -0.05) is 45.0 Å². The molecule has 2 aromatic carbocycles. The SMILES string of the molecule is Cc1cc(F)c(-c2ccc(CC(C)(C)C)cc2)c(C(F)(F)F)c1. The minimum atomic E-state index is -4.59. The predicted octanol–water partition coefficient (Wildman–Crippen LogP) is 6.41. The van der Waals surface area contributed by atoms with E-state index < -0.39 is 17.6 Å². The molecule has 0 saturated heterocycles. The van der Waals surface area contributed by atoms with E-state index in [2.05, 4.69) is 20.8 Å². The van der Waals surface area contributed by atoms with Crippen molar-refractivity contribution in [2.24, 2.45) is 5.41 Å². The van der Waals surface area contributed by atoms with Crippen molar-refractivity contribution in [3.63, 3.8) is 0 Å². The van der Waals surface area contributed by atoms with E-state index in [9.17, 15) is 17.6 Å². The first-order valence-electron chi connectivity index (χ1n) is 7.44. The zero-order chi connectivity index (χ0) is 17.4. The van der Waals surface area contributed by atoms with Gasteiger partial charge in [-0.15, -0.1) is 0 Å². The fourth-order valence-electron chi connectivity index (χ4n) is 2.66. The van der Waals surface area contributed by atoms with Crippen molar-refractivity contribution in [2.75, 3.05) is 0 Å². The van der Waals surface area contributed by atoms with Gasteiger partial charge in [0.05, 0.1) is 5.56 Å². The van der Waals surface area contributed by atoms with Gasteiger partial charge in [-0.05, 0) is 47.6 Å². The summed E-state index contributed by atoms with van der Waals surface area (Å²) in [5, 5.41) is 0. The van der Waals surface area contributed by atoms with E-state index in [4.69, 9.17) is 0 Å². The van der Waals surface area contributed by atoms with Crippen LogP contribution in [0.25, 0.3) is 11.1 Å². The van der Waals surface area contributed by atoms with Gasteiger partial charge >= 0.3 is 6.18 Å². The van der Waals surface area contributed by atoms with Gasteiger partial charge in [0.1, 0.15) is 5.82 Å². The number of aryl methyl sites for hydroxylation is 1. The highest BCUT2D eigenvalue weighted by molar-refractivity contribution is 5.69. The molecule has 0 fully saturated rings. The van der Waals surface area contributed by atoms with Crippen molar-refractivity contribution < 1.29 is 17.6 Å². The molecule has 0 unspecified atom stereocenters. The average Bonchev–Trinajstić information content (AvgIpc) is 2.36. The van der Waals surface area contributed by atoms with Crippen LogP contribution in [0.1, 0.15) is 37.5 Å². The van der Waals surface area contributed by atoms with Crippen LogP contribution in [0.2, 0.25) is 0 Å². The van der Waals surface area contributed by atoms with Gasteiger partial charge in [-0.25, -0.2) is 4.39 Å². The Labute approximate surface area is 134 Å². The fraction of sp³-hybridized carbons (Fsp3) is 0.368. The molecule has 0 aliphatic heterocycles. The monoisotopic (exact) mass is 324 g/mol. The van der Waals surface area contributed by atoms with E-state index in [1.54, 1.807) is 24.3 Å². The summed E-state index contributed by atoms with van der Waals surface area (Å²) < 4.78 is 53.9. The highest BCUT2D eigenvalue weighted by Gasteiger charge is 2.35. The number of hydrogen-bond acceptors (Lipinski definition) is 0. The second kappa shape index (κ2) is 5.99. The summed E-state index contributed by atoms with van der Waals surface area (Å²) in [6.45, 7) is 7.71. The molecule has 0 radical (unpaired) electrons. The van der Waals surface area contributed by atoms with Gasteiger partial charge in [0.2, 0.25) is 0 Å². The highest BCUT2D eigenvalue weighted by atomic mass is 19.4. The van der Waals surface area contributed by atoms with Crippen molar-refractivity contribution in [1.29, 1.82) is 0 Å². The second-order valence-electron chi connectivity index (χ2n) is 7.10. The third kappa shape index (κ3) is 4.34. The molecule has 0 bridgehead atoms. The molecule has 0 N–H and O–H groups in total. The zero-order valence-corrected chi connectivity index (χ0v) is 13.7. The lowest BCUT2D eigenvalue weighted by atomic mass is 9.87. The van der Waals surface area contributed by atoms with Gasteiger partial charge in [0.15, 0.2) is 0 Å². The molecule has 4 heteroatoms. The number of halogens is 4. The molecule has 2 rings (SSSR count). The van der Waals surface area contributed by atoms with Crippen LogP contribution in [-0.2, 0) is 12.6 Å². The van der Waals surface area contributed by atoms with Crippen LogP contribution in [0.15, 0.2) is 36.4 Å². The average molecular weight is 324 g/mol. The Morgan fingerprint density at radius 2 is 1.48 bits per heavy atom. The standard InChI is InChI=1S/C19H20F4/c1-12-9-15(19(21,22)23)17(16(20)10-12)14-7-5-13(6-8-14)11-18(2,3)4/h5-10H,11H2,1-4H3. The van der Waals surface area contributed by atoms with Gasteiger partial charge in [-0.3, -0.25) is 0 Å². The molecular formula is C19H20F4. The maximum atomic E-state index is 14.2. The summed E-state index contributed by atoms with van der Waals surface area (Å²) in [6, 6.07) is 8.77. The fourth-order valence-corrected chi connectivity index (χ4v) is 2.66. The minimum Gasteiger partial charge on any atom is -0.206 e. The minimum absolute atomic E-state index is 0.0771. The summed E-state index contributed by atoms with van der Waals surface area (Å²) in [7, 11) is 0. The molecule has 0 atom stereocenters. The molecule has 0 saturated carbocycles. The topological polar surface area (TPSA) is 0 Å². The van der Waals surface area contributed by atoms with Crippen molar-refractivity contribution in [2.45, 2.75) is 40.3 Å². The molecule has 0 aliphatic rings. The smallest absolute Gasteiger partial charge is 0.206 e. The maximum Gasteiger partial charge on any atom is 0.417 e. The first-order valence-corrected chi connectivity index (χ1v) is 7.44. The summed E-state index contributed by atoms with van der Waals surface area (Å²) in [6.07, 6.45) is -3.79. The lowest BCUT2D eigenvalue weighted by molar-refractivity contribution is -0.137. The summed E-state index contributed by atoms with van der Waals surface area (Å²) in [5.74, 6) is -0.846. The lowest BCUT2D eigenvalue weighted by Gasteiger charge is -2.19. The van der Waals surface area contributed by atoms with Crippen LogP contribution in [0.3, 0.4) is 0 Å². The summed E-state index contributed by atoms with van der Waals surface area (Å²) in [4.78, 5) is 0. The van der Waals surface area contributed by atoms with E-state index in [0.29, 0.717) is 0 Å². The Hall–Kier alpha value is -1.84. The van der Waals surface area contributed by atoms with Crippen LogP contribution in [0.5, 0.6) is 0 Å². The van der Waals surface area contributed by atoms with E-state index in [0.717, 1.165) is 24.1 Å².